The summed E-state index contributed by atoms with van der Waals surface area (Å²) >= 11 is 2.17. The average molecular weight is 467 g/mol. The Hall–Kier alpha value is -2.62. The minimum Gasteiger partial charge on any atom is -0.508 e. The SMILES string of the molecule is CC(=NNC(=O)CCC(=O)Nc1ccc(I)cc1)c1ccc(O)cc1O. The number of amides is 2. The number of nitrogens with zero attached hydrogens (tertiary/aromatic N) is 1. The van der Waals surface area contributed by atoms with Crippen molar-refractivity contribution in [2.24, 2.45) is 5.10 Å². The highest BCUT2D eigenvalue weighted by atomic mass is 127. The molecule has 0 spiro atoms. The van der Waals surface area contributed by atoms with Crippen LogP contribution in [-0.2, 0) is 9.59 Å². The smallest absolute Gasteiger partial charge is 0.240 e. The Morgan fingerprint density at radius 2 is 1.69 bits per heavy atom. The molecule has 0 radical (unpaired) electrons. The van der Waals surface area contributed by atoms with Crippen LogP contribution in [0.1, 0.15) is 25.3 Å². The number of hydrogen-bond acceptors (Lipinski definition) is 5. The van der Waals surface area contributed by atoms with Crippen molar-refractivity contribution in [3.63, 3.8) is 0 Å². The molecule has 0 unspecified atom stereocenters. The van der Waals surface area contributed by atoms with Gasteiger partial charge < -0.3 is 15.5 Å². The standard InChI is InChI=1S/C18H18IN3O4/c1-11(15-7-6-14(23)10-16(15)24)21-22-18(26)9-8-17(25)20-13-4-2-12(19)3-5-13/h2-7,10,23-24H,8-9H2,1H3,(H,20,25)(H,22,26). The summed E-state index contributed by atoms with van der Waals surface area (Å²) in [5, 5.41) is 25.6. The van der Waals surface area contributed by atoms with Crippen LogP contribution in [0.3, 0.4) is 0 Å². The summed E-state index contributed by atoms with van der Waals surface area (Å²) in [7, 11) is 0. The van der Waals surface area contributed by atoms with Gasteiger partial charge >= 0.3 is 0 Å². The minimum atomic E-state index is -0.416. The van der Waals surface area contributed by atoms with Gasteiger partial charge in [0.05, 0.1) is 5.71 Å². The number of benzene rings is 2. The zero-order chi connectivity index (χ0) is 19.1. The number of carbonyl (C=O) groups excluding carboxylic acids is 2. The molecule has 0 saturated carbocycles. The van der Waals surface area contributed by atoms with E-state index in [1.54, 1.807) is 19.1 Å². The first-order valence-corrected chi connectivity index (χ1v) is 8.84. The van der Waals surface area contributed by atoms with Gasteiger partial charge in [0.25, 0.3) is 0 Å². The van der Waals surface area contributed by atoms with Crippen molar-refractivity contribution in [3.05, 3.63) is 51.6 Å². The molecule has 0 aliphatic rings. The summed E-state index contributed by atoms with van der Waals surface area (Å²) in [5.41, 5.74) is 3.78. The fourth-order valence-electron chi connectivity index (χ4n) is 2.07. The summed E-state index contributed by atoms with van der Waals surface area (Å²) in [5.74, 6) is -0.891. The molecule has 0 fully saturated rings. The fraction of sp³-hybridized carbons (Fsp3) is 0.167. The highest BCUT2D eigenvalue weighted by molar-refractivity contribution is 14.1. The van der Waals surface area contributed by atoms with Crippen LogP contribution in [0.2, 0.25) is 0 Å². The van der Waals surface area contributed by atoms with Gasteiger partial charge in [-0.05, 0) is 65.9 Å². The molecule has 136 valence electrons. The Labute approximate surface area is 164 Å². The highest BCUT2D eigenvalue weighted by Crippen LogP contribution is 2.22. The second-order valence-corrected chi connectivity index (χ2v) is 6.73. The van der Waals surface area contributed by atoms with E-state index >= 15 is 0 Å². The maximum atomic E-state index is 11.9. The number of halogens is 1. The molecule has 4 N–H and O–H groups in total. The largest absolute Gasteiger partial charge is 0.508 e. The quantitative estimate of drug-likeness (QED) is 0.298. The van der Waals surface area contributed by atoms with E-state index in [9.17, 15) is 19.8 Å². The summed E-state index contributed by atoms with van der Waals surface area (Å²) in [6.07, 6.45) is 0.00535. The van der Waals surface area contributed by atoms with Crippen LogP contribution in [-0.4, -0.2) is 27.7 Å². The van der Waals surface area contributed by atoms with E-state index in [2.05, 4.69) is 38.4 Å². The number of phenols is 2. The van der Waals surface area contributed by atoms with E-state index in [0.29, 0.717) is 17.0 Å². The van der Waals surface area contributed by atoms with Crippen molar-refractivity contribution < 1.29 is 19.8 Å². The van der Waals surface area contributed by atoms with Crippen molar-refractivity contribution in [1.82, 2.24) is 5.43 Å². The third-order valence-electron chi connectivity index (χ3n) is 3.43. The molecule has 8 heteroatoms. The Morgan fingerprint density at radius 3 is 2.35 bits per heavy atom. The molecular weight excluding hydrogens is 449 g/mol. The lowest BCUT2D eigenvalue weighted by molar-refractivity contribution is -0.124. The van der Waals surface area contributed by atoms with Gasteiger partial charge in [-0.3, -0.25) is 9.59 Å². The number of phenolic OH excluding ortho intramolecular Hbond substituents is 2. The molecule has 0 aromatic heterocycles. The van der Waals surface area contributed by atoms with Gasteiger partial charge in [-0.15, -0.1) is 0 Å². The van der Waals surface area contributed by atoms with E-state index in [-0.39, 0.29) is 30.2 Å². The number of nitrogens with one attached hydrogen (secondary N) is 2. The van der Waals surface area contributed by atoms with Crippen molar-refractivity contribution in [3.8, 4) is 11.5 Å². The van der Waals surface area contributed by atoms with Gasteiger partial charge in [0.15, 0.2) is 0 Å². The van der Waals surface area contributed by atoms with Crippen LogP contribution in [0.4, 0.5) is 5.69 Å². The van der Waals surface area contributed by atoms with E-state index in [1.807, 2.05) is 12.1 Å². The maximum absolute atomic E-state index is 11.9. The third kappa shape index (κ3) is 6.03. The molecule has 0 heterocycles. The lowest BCUT2D eigenvalue weighted by Gasteiger charge is -2.06. The van der Waals surface area contributed by atoms with E-state index in [0.717, 1.165) is 3.57 Å². The van der Waals surface area contributed by atoms with Gasteiger partial charge in [0.1, 0.15) is 11.5 Å². The monoisotopic (exact) mass is 467 g/mol. The summed E-state index contributed by atoms with van der Waals surface area (Å²) < 4.78 is 1.06. The Morgan fingerprint density at radius 1 is 1.04 bits per heavy atom. The average Bonchev–Trinajstić information content (AvgIpc) is 2.60. The molecule has 0 aliphatic carbocycles. The van der Waals surface area contributed by atoms with Crippen LogP contribution in [0.5, 0.6) is 11.5 Å². The molecule has 26 heavy (non-hydrogen) atoms. The highest BCUT2D eigenvalue weighted by Gasteiger charge is 2.09. The second kappa shape index (κ2) is 9.18. The molecule has 2 rings (SSSR count). The number of anilines is 1. The van der Waals surface area contributed by atoms with Crippen molar-refractivity contribution in [2.75, 3.05) is 5.32 Å². The Bertz CT molecular complexity index is 835. The zero-order valence-electron chi connectivity index (χ0n) is 14.0. The van der Waals surface area contributed by atoms with Gasteiger partial charge in [-0.1, -0.05) is 0 Å². The van der Waals surface area contributed by atoms with Gasteiger partial charge in [0.2, 0.25) is 11.8 Å². The summed E-state index contributed by atoms with van der Waals surface area (Å²) in [4.78, 5) is 23.7. The van der Waals surface area contributed by atoms with Crippen LogP contribution >= 0.6 is 22.6 Å². The number of rotatable bonds is 6. The third-order valence-corrected chi connectivity index (χ3v) is 4.15. The Balaban J connectivity index is 1.82. The molecule has 2 aromatic rings. The Kier molecular flexibility index (Phi) is 6.96. The molecule has 0 atom stereocenters. The molecular formula is C18H18IN3O4. The predicted octanol–water partition coefficient (Wildman–Crippen LogP) is 2.96. The fourth-order valence-corrected chi connectivity index (χ4v) is 2.43. The molecule has 0 saturated heterocycles. The molecule has 2 amide bonds. The molecule has 2 aromatic carbocycles. The van der Waals surface area contributed by atoms with E-state index < -0.39 is 5.91 Å². The minimum absolute atomic E-state index is 0.0193. The van der Waals surface area contributed by atoms with Crippen LogP contribution in [0.25, 0.3) is 0 Å². The maximum Gasteiger partial charge on any atom is 0.240 e. The number of carbonyl (C=O) groups is 2. The first-order valence-electron chi connectivity index (χ1n) is 7.76. The van der Waals surface area contributed by atoms with Crippen molar-refractivity contribution in [2.45, 2.75) is 19.8 Å². The van der Waals surface area contributed by atoms with Crippen LogP contribution in [0.15, 0.2) is 47.6 Å². The lowest BCUT2D eigenvalue weighted by Crippen LogP contribution is -2.21. The van der Waals surface area contributed by atoms with Crippen LogP contribution in [0, 0.1) is 3.57 Å². The summed E-state index contributed by atoms with van der Waals surface area (Å²) in [6, 6.07) is 11.4. The lowest BCUT2D eigenvalue weighted by atomic mass is 10.1. The molecule has 7 nitrogen and oxygen atoms in total. The van der Waals surface area contributed by atoms with Crippen molar-refractivity contribution >= 4 is 45.8 Å². The van der Waals surface area contributed by atoms with Crippen molar-refractivity contribution in [1.29, 1.82) is 0 Å². The number of hydrogen-bond donors (Lipinski definition) is 4. The van der Waals surface area contributed by atoms with E-state index in [1.165, 1.54) is 18.2 Å². The van der Waals surface area contributed by atoms with Gasteiger partial charge in [-0.25, -0.2) is 5.43 Å². The number of aromatic hydroxyl groups is 2. The first kappa shape index (κ1) is 19.7. The van der Waals surface area contributed by atoms with Gasteiger partial charge in [0, 0.05) is 33.7 Å². The topological polar surface area (TPSA) is 111 Å². The zero-order valence-corrected chi connectivity index (χ0v) is 16.1. The first-order chi connectivity index (χ1) is 12.3. The van der Waals surface area contributed by atoms with Gasteiger partial charge in [-0.2, -0.15) is 5.10 Å². The second-order valence-electron chi connectivity index (χ2n) is 5.49. The summed E-state index contributed by atoms with van der Waals surface area (Å²) in [6.45, 7) is 1.61. The van der Waals surface area contributed by atoms with Crippen LogP contribution < -0.4 is 10.7 Å². The molecule has 0 aliphatic heterocycles. The molecule has 0 bridgehead atoms. The normalized spacial score (nSPS) is 11.1. The predicted molar refractivity (Wildman–Crippen MR) is 107 cm³/mol. The van der Waals surface area contributed by atoms with E-state index in [4.69, 9.17) is 0 Å². The number of hydrazone groups is 1.